The molecule has 0 radical (unpaired) electrons. The monoisotopic (exact) mass is 307 g/mol. The van der Waals surface area contributed by atoms with Gasteiger partial charge >= 0.3 is 11.6 Å². The number of benzene rings is 1. The van der Waals surface area contributed by atoms with Gasteiger partial charge in [0.2, 0.25) is 0 Å². The largest absolute Gasteiger partial charge is 0.479 e. The second-order valence-electron chi connectivity index (χ2n) is 4.11. The number of hydrogen-bond acceptors (Lipinski definition) is 4. The number of nitrogens with one attached hydrogen (secondary N) is 1. The summed E-state index contributed by atoms with van der Waals surface area (Å²) in [7, 11) is 0. The summed E-state index contributed by atoms with van der Waals surface area (Å²) < 4.78 is 4.56. The van der Waals surface area contributed by atoms with E-state index in [2.05, 4.69) is 9.73 Å². The second-order valence-corrected chi connectivity index (χ2v) is 4.52. The lowest BCUT2D eigenvalue weighted by molar-refractivity contribution is -0.139. The molecule has 0 aliphatic rings. The Bertz CT molecular complexity index is 720. The van der Waals surface area contributed by atoms with Crippen LogP contribution >= 0.6 is 11.6 Å². The fourth-order valence-electron chi connectivity index (χ4n) is 1.68. The molecular formula is C14H10ClNO5. The number of aliphatic carboxylic acids is 1. The van der Waals surface area contributed by atoms with Gasteiger partial charge in [0.15, 0.2) is 6.04 Å². The molecule has 0 spiro atoms. The van der Waals surface area contributed by atoms with E-state index in [-0.39, 0.29) is 16.1 Å². The van der Waals surface area contributed by atoms with Gasteiger partial charge in [-0.3, -0.25) is 4.79 Å². The van der Waals surface area contributed by atoms with Gasteiger partial charge in [-0.1, -0.05) is 29.8 Å². The van der Waals surface area contributed by atoms with Crippen LogP contribution in [0, 0.1) is 0 Å². The van der Waals surface area contributed by atoms with Gasteiger partial charge in [0.1, 0.15) is 6.26 Å². The van der Waals surface area contributed by atoms with Gasteiger partial charge < -0.3 is 14.8 Å². The number of hydrogen-bond donors (Lipinski definition) is 2. The Morgan fingerprint density at radius 1 is 1.19 bits per heavy atom. The number of carbonyl (C=O) groups is 2. The maximum atomic E-state index is 12.0. The van der Waals surface area contributed by atoms with Gasteiger partial charge in [-0.2, -0.15) is 0 Å². The first-order valence-electron chi connectivity index (χ1n) is 5.86. The van der Waals surface area contributed by atoms with Gasteiger partial charge in [-0.25, -0.2) is 9.59 Å². The summed E-state index contributed by atoms with van der Waals surface area (Å²) in [5, 5.41) is 11.8. The van der Waals surface area contributed by atoms with E-state index < -0.39 is 23.5 Å². The third-order valence-electron chi connectivity index (χ3n) is 2.70. The highest BCUT2D eigenvalue weighted by atomic mass is 35.5. The second kappa shape index (κ2) is 6.23. The van der Waals surface area contributed by atoms with Crippen LogP contribution in [0.25, 0.3) is 0 Å². The summed E-state index contributed by atoms with van der Waals surface area (Å²) >= 11 is 5.94. The maximum absolute atomic E-state index is 12.0. The summed E-state index contributed by atoms with van der Waals surface area (Å²) in [6.07, 6.45) is 0.961. The van der Waals surface area contributed by atoms with Gasteiger partial charge in [0.25, 0.3) is 5.91 Å². The number of rotatable bonds is 4. The molecule has 0 bridgehead atoms. The smallest absolute Gasteiger partial charge is 0.335 e. The van der Waals surface area contributed by atoms with Crippen molar-refractivity contribution in [3.05, 3.63) is 69.2 Å². The van der Waals surface area contributed by atoms with Crippen molar-refractivity contribution in [1.29, 1.82) is 0 Å². The standard InChI is InChI=1S/C14H10ClNO5/c15-10-4-2-1-3-9(10)12(14(19)20)16-13(18)8-5-6-11(17)21-7-8/h1-7,12H,(H,16,18)(H,19,20)/t12-/m1/s1. The predicted octanol–water partition coefficient (Wildman–Crippen LogP) is 1.85. The number of carboxylic acids is 1. The van der Waals surface area contributed by atoms with Crippen LogP contribution in [0.1, 0.15) is 22.0 Å². The Kier molecular flexibility index (Phi) is 4.39. The molecule has 0 fully saturated rings. The van der Waals surface area contributed by atoms with E-state index in [1.165, 1.54) is 18.2 Å². The Labute approximate surface area is 124 Å². The molecule has 1 aromatic carbocycles. The van der Waals surface area contributed by atoms with Gasteiger partial charge in [0, 0.05) is 16.7 Å². The first-order valence-corrected chi connectivity index (χ1v) is 6.24. The fourth-order valence-corrected chi connectivity index (χ4v) is 1.93. The summed E-state index contributed by atoms with van der Waals surface area (Å²) in [5.74, 6) is -1.94. The molecule has 0 aliphatic carbocycles. The molecule has 6 nitrogen and oxygen atoms in total. The molecule has 7 heteroatoms. The van der Waals surface area contributed by atoms with Crippen LogP contribution in [0.4, 0.5) is 0 Å². The van der Waals surface area contributed by atoms with E-state index in [0.29, 0.717) is 0 Å². The summed E-state index contributed by atoms with van der Waals surface area (Å²) in [4.78, 5) is 34.1. The Hall–Kier alpha value is -2.60. The minimum absolute atomic E-state index is 0.0351. The van der Waals surface area contributed by atoms with Gasteiger partial charge in [-0.05, 0) is 12.1 Å². The highest BCUT2D eigenvalue weighted by molar-refractivity contribution is 6.31. The zero-order chi connectivity index (χ0) is 15.4. The summed E-state index contributed by atoms with van der Waals surface area (Å²) in [6.45, 7) is 0. The van der Waals surface area contributed by atoms with Gasteiger partial charge in [0.05, 0.1) is 5.56 Å². The van der Waals surface area contributed by atoms with Crippen LogP contribution in [0.2, 0.25) is 5.02 Å². The highest BCUT2D eigenvalue weighted by Crippen LogP contribution is 2.23. The Morgan fingerprint density at radius 2 is 1.90 bits per heavy atom. The van der Waals surface area contributed by atoms with Crippen LogP contribution in [0.3, 0.4) is 0 Å². The fraction of sp³-hybridized carbons (Fsp3) is 0.0714. The first-order chi connectivity index (χ1) is 9.99. The molecule has 1 heterocycles. The molecule has 2 N–H and O–H groups in total. The van der Waals surface area contributed by atoms with E-state index in [1.807, 2.05) is 0 Å². The van der Waals surface area contributed by atoms with Gasteiger partial charge in [-0.15, -0.1) is 0 Å². The average Bonchev–Trinajstić information content (AvgIpc) is 2.46. The number of carbonyl (C=O) groups excluding carboxylic acids is 1. The first kappa shape index (κ1) is 14.8. The van der Waals surface area contributed by atoms with Crippen molar-refractivity contribution in [1.82, 2.24) is 5.32 Å². The Morgan fingerprint density at radius 3 is 2.48 bits per heavy atom. The van der Waals surface area contributed by atoms with Crippen LogP contribution in [-0.4, -0.2) is 17.0 Å². The summed E-state index contributed by atoms with van der Waals surface area (Å²) in [5.41, 5.74) is -0.308. The SMILES string of the molecule is O=C(N[C@@H](C(=O)O)c1ccccc1Cl)c1ccc(=O)oc1. The molecule has 1 amide bonds. The zero-order valence-electron chi connectivity index (χ0n) is 10.6. The average molecular weight is 308 g/mol. The normalized spacial score (nSPS) is 11.7. The molecule has 0 unspecified atom stereocenters. The summed E-state index contributed by atoms with van der Waals surface area (Å²) in [6, 6.07) is 7.31. The molecule has 2 rings (SSSR count). The predicted molar refractivity (Wildman–Crippen MR) is 74.3 cm³/mol. The van der Waals surface area contributed by atoms with Crippen molar-refractivity contribution in [3.63, 3.8) is 0 Å². The lowest BCUT2D eigenvalue weighted by Crippen LogP contribution is -2.34. The quantitative estimate of drug-likeness (QED) is 0.898. The van der Waals surface area contributed by atoms with Crippen LogP contribution in [0.5, 0.6) is 0 Å². The van der Waals surface area contributed by atoms with Crippen molar-refractivity contribution in [3.8, 4) is 0 Å². The lowest BCUT2D eigenvalue weighted by atomic mass is 10.1. The maximum Gasteiger partial charge on any atom is 0.335 e. The number of carboxylic acid groups (broad SMARTS) is 1. The molecule has 0 aliphatic heterocycles. The van der Waals surface area contributed by atoms with E-state index in [4.69, 9.17) is 11.6 Å². The topological polar surface area (TPSA) is 96.6 Å². The third-order valence-corrected chi connectivity index (χ3v) is 3.05. The molecule has 1 atom stereocenters. The Balaban J connectivity index is 2.27. The van der Waals surface area contributed by atoms with Crippen LogP contribution < -0.4 is 10.9 Å². The van der Waals surface area contributed by atoms with E-state index in [9.17, 15) is 19.5 Å². The molecular weight excluding hydrogens is 298 g/mol. The minimum Gasteiger partial charge on any atom is -0.479 e. The molecule has 0 saturated heterocycles. The van der Waals surface area contributed by atoms with E-state index >= 15 is 0 Å². The third kappa shape index (κ3) is 3.49. The molecule has 0 saturated carbocycles. The number of amides is 1. The molecule has 108 valence electrons. The van der Waals surface area contributed by atoms with Crippen LogP contribution in [-0.2, 0) is 4.79 Å². The minimum atomic E-state index is -1.31. The van der Waals surface area contributed by atoms with Crippen molar-refractivity contribution in [2.75, 3.05) is 0 Å². The number of halogens is 1. The van der Waals surface area contributed by atoms with Crippen molar-refractivity contribution in [2.45, 2.75) is 6.04 Å². The highest BCUT2D eigenvalue weighted by Gasteiger charge is 2.24. The van der Waals surface area contributed by atoms with Crippen molar-refractivity contribution < 1.29 is 19.1 Å². The van der Waals surface area contributed by atoms with E-state index in [0.717, 1.165) is 12.3 Å². The lowest BCUT2D eigenvalue weighted by Gasteiger charge is -2.15. The van der Waals surface area contributed by atoms with E-state index in [1.54, 1.807) is 12.1 Å². The molecule has 2 aromatic rings. The molecule has 21 heavy (non-hydrogen) atoms. The zero-order valence-corrected chi connectivity index (χ0v) is 11.3. The molecule has 1 aromatic heterocycles. The van der Waals surface area contributed by atoms with Crippen molar-refractivity contribution >= 4 is 23.5 Å². The van der Waals surface area contributed by atoms with Crippen LogP contribution in [0.15, 0.2) is 51.9 Å². The van der Waals surface area contributed by atoms with Crippen molar-refractivity contribution in [2.24, 2.45) is 0 Å².